The number of rotatable bonds is 9. The Bertz CT molecular complexity index is 1060. The minimum atomic E-state index is -0.485. The Morgan fingerprint density at radius 2 is 1.91 bits per heavy atom. The Labute approximate surface area is 202 Å². The van der Waals surface area contributed by atoms with Crippen molar-refractivity contribution in [2.24, 2.45) is 0 Å². The van der Waals surface area contributed by atoms with E-state index in [1.807, 2.05) is 29.2 Å². The van der Waals surface area contributed by atoms with E-state index in [0.29, 0.717) is 19.6 Å². The van der Waals surface area contributed by atoms with Crippen molar-refractivity contribution < 1.29 is 14.3 Å². The fraction of sp³-hybridized carbons (Fsp3) is 0.519. The van der Waals surface area contributed by atoms with Gasteiger partial charge in [-0.3, -0.25) is 14.4 Å². The van der Waals surface area contributed by atoms with Gasteiger partial charge in [0.25, 0.3) is 11.8 Å². The van der Waals surface area contributed by atoms with Gasteiger partial charge in [-0.25, -0.2) is 0 Å². The number of carbonyl (C=O) groups is 2. The Morgan fingerprint density at radius 3 is 2.62 bits per heavy atom. The van der Waals surface area contributed by atoms with E-state index >= 15 is 0 Å². The van der Waals surface area contributed by atoms with Gasteiger partial charge in [-0.15, -0.1) is 0 Å². The van der Waals surface area contributed by atoms with Crippen LogP contribution in [-0.2, 0) is 6.54 Å². The predicted molar refractivity (Wildman–Crippen MR) is 134 cm³/mol. The molecule has 7 heteroatoms. The number of pyridine rings is 1. The number of hydrogen-bond donors (Lipinski definition) is 0. The fourth-order valence-corrected chi connectivity index (χ4v) is 4.56. The maximum atomic E-state index is 13.6. The first-order valence-electron chi connectivity index (χ1n) is 12.3. The Hall–Kier alpha value is -3.09. The summed E-state index contributed by atoms with van der Waals surface area (Å²) in [6.07, 6.45) is 8.79. The lowest BCUT2D eigenvalue weighted by Gasteiger charge is -2.35. The van der Waals surface area contributed by atoms with Crippen LogP contribution in [0.3, 0.4) is 0 Å². The zero-order chi connectivity index (χ0) is 24.7. The van der Waals surface area contributed by atoms with Gasteiger partial charge in [0, 0.05) is 45.1 Å². The number of nitrogens with zero attached hydrogens (tertiary/aromatic N) is 3. The molecule has 1 atom stereocenters. The number of piperidine rings is 1. The number of amides is 2. The van der Waals surface area contributed by atoms with E-state index in [1.54, 1.807) is 36.0 Å². The summed E-state index contributed by atoms with van der Waals surface area (Å²) < 4.78 is 7.10. The number of ether oxygens (including phenoxy) is 1. The number of benzene rings is 1. The number of hydrogen-bond acceptors (Lipinski definition) is 4. The monoisotopic (exact) mass is 467 g/mol. The number of carbonyl (C=O) groups excluding carboxylic acids is 2. The van der Waals surface area contributed by atoms with Gasteiger partial charge in [0.05, 0.1) is 7.11 Å². The largest absolute Gasteiger partial charge is 0.497 e. The van der Waals surface area contributed by atoms with E-state index in [1.165, 1.54) is 0 Å². The molecule has 2 heterocycles. The van der Waals surface area contributed by atoms with Gasteiger partial charge in [-0.2, -0.15) is 0 Å². The van der Waals surface area contributed by atoms with Crippen molar-refractivity contribution in [2.45, 2.75) is 65.0 Å². The highest BCUT2D eigenvalue weighted by atomic mass is 16.5. The molecule has 2 amide bonds. The highest BCUT2D eigenvalue weighted by Crippen LogP contribution is 2.22. The molecule has 184 valence electrons. The Balaban J connectivity index is 2.04. The van der Waals surface area contributed by atoms with E-state index in [2.05, 4.69) is 13.8 Å². The molecule has 1 saturated heterocycles. The molecule has 1 aliphatic rings. The van der Waals surface area contributed by atoms with E-state index < -0.39 is 5.43 Å². The molecule has 0 bridgehead atoms. The minimum absolute atomic E-state index is 0.0393. The third-order valence-corrected chi connectivity index (χ3v) is 6.59. The molecule has 0 saturated carbocycles. The average molecular weight is 468 g/mol. The van der Waals surface area contributed by atoms with Crippen LogP contribution in [0.1, 0.15) is 78.7 Å². The lowest BCUT2D eigenvalue weighted by molar-refractivity contribution is 0.0605. The van der Waals surface area contributed by atoms with Gasteiger partial charge in [0.15, 0.2) is 0 Å². The van der Waals surface area contributed by atoms with Crippen LogP contribution in [0.5, 0.6) is 5.75 Å². The first kappa shape index (κ1) is 25.5. The summed E-state index contributed by atoms with van der Waals surface area (Å²) in [5, 5.41) is 0. The van der Waals surface area contributed by atoms with Crippen LogP contribution < -0.4 is 10.2 Å². The molecule has 0 N–H and O–H groups in total. The molecule has 0 spiro atoms. The van der Waals surface area contributed by atoms with Crippen LogP contribution in [0.2, 0.25) is 0 Å². The van der Waals surface area contributed by atoms with Gasteiger partial charge < -0.3 is 19.1 Å². The van der Waals surface area contributed by atoms with Crippen molar-refractivity contribution in [1.82, 2.24) is 14.4 Å². The van der Waals surface area contributed by atoms with E-state index in [9.17, 15) is 14.4 Å². The smallest absolute Gasteiger partial charge is 0.259 e. The minimum Gasteiger partial charge on any atom is -0.497 e. The van der Waals surface area contributed by atoms with Crippen molar-refractivity contribution in [3.05, 3.63) is 63.6 Å². The molecule has 0 radical (unpaired) electrons. The van der Waals surface area contributed by atoms with Crippen LogP contribution in [0, 0.1) is 0 Å². The van der Waals surface area contributed by atoms with Crippen molar-refractivity contribution >= 4 is 11.8 Å². The van der Waals surface area contributed by atoms with Crippen molar-refractivity contribution in [1.29, 1.82) is 0 Å². The third kappa shape index (κ3) is 5.88. The molecule has 1 fully saturated rings. The third-order valence-electron chi connectivity index (χ3n) is 6.59. The maximum Gasteiger partial charge on any atom is 0.259 e. The summed E-state index contributed by atoms with van der Waals surface area (Å²) in [5.74, 6) is 0.101. The van der Waals surface area contributed by atoms with Gasteiger partial charge >= 0.3 is 0 Å². The molecule has 1 aromatic carbocycles. The van der Waals surface area contributed by atoms with Crippen LogP contribution >= 0.6 is 0 Å². The second kappa shape index (κ2) is 11.9. The van der Waals surface area contributed by atoms with Crippen molar-refractivity contribution in [3.63, 3.8) is 0 Å². The molecule has 1 aromatic heterocycles. The number of likely N-dealkylation sites (tertiary alicyclic amines) is 1. The highest BCUT2D eigenvalue weighted by Gasteiger charge is 2.30. The molecule has 3 rings (SSSR count). The van der Waals surface area contributed by atoms with E-state index in [-0.39, 0.29) is 29.0 Å². The normalized spacial score (nSPS) is 15.8. The van der Waals surface area contributed by atoms with Crippen molar-refractivity contribution in [3.8, 4) is 5.75 Å². The second-order valence-electron chi connectivity index (χ2n) is 9.08. The van der Waals surface area contributed by atoms with E-state index in [4.69, 9.17) is 4.74 Å². The zero-order valence-corrected chi connectivity index (χ0v) is 20.9. The van der Waals surface area contributed by atoms with Gasteiger partial charge in [0.1, 0.15) is 16.9 Å². The molecule has 2 aromatic rings. The van der Waals surface area contributed by atoms with Crippen LogP contribution in [-0.4, -0.2) is 59.5 Å². The summed E-state index contributed by atoms with van der Waals surface area (Å²) in [6, 6.07) is 7.75. The molecule has 7 nitrogen and oxygen atoms in total. The SMILES string of the molecule is CCCCN(C)C(=O)c1cn(Cc2cccc(OC)c2)cc(C(=O)N2CCCC[C@@H]2CC)c1=O. The predicted octanol–water partition coefficient (Wildman–Crippen LogP) is 4.18. The van der Waals surface area contributed by atoms with Gasteiger partial charge in [-0.05, 0) is 49.8 Å². The number of methoxy groups -OCH3 is 1. The lowest BCUT2D eigenvalue weighted by Crippen LogP contribution is -2.45. The number of aromatic nitrogens is 1. The van der Waals surface area contributed by atoms with E-state index in [0.717, 1.165) is 49.8 Å². The second-order valence-corrected chi connectivity index (χ2v) is 9.08. The number of unbranched alkanes of at least 4 members (excludes halogenated alkanes) is 1. The summed E-state index contributed by atoms with van der Waals surface area (Å²) in [4.78, 5) is 43.6. The summed E-state index contributed by atoms with van der Waals surface area (Å²) >= 11 is 0. The van der Waals surface area contributed by atoms with Crippen LogP contribution in [0.15, 0.2) is 41.5 Å². The zero-order valence-electron chi connectivity index (χ0n) is 20.9. The highest BCUT2D eigenvalue weighted by molar-refractivity contribution is 5.99. The average Bonchev–Trinajstić information content (AvgIpc) is 2.87. The summed E-state index contributed by atoms with van der Waals surface area (Å²) in [7, 11) is 3.32. The van der Waals surface area contributed by atoms with Crippen molar-refractivity contribution in [2.75, 3.05) is 27.2 Å². The summed E-state index contributed by atoms with van der Waals surface area (Å²) in [5.41, 5.74) is 0.569. The van der Waals surface area contributed by atoms with Gasteiger partial charge in [-0.1, -0.05) is 32.4 Å². The molecule has 1 aliphatic heterocycles. The lowest BCUT2D eigenvalue weighted by atomic mass is 9.98. The fourth-order valence-electron chi connectivity index (χ4n) is 4.56. The first-order valence-corrected chi connectivity index (χ1v) is 12.3. The maximum absolute atomic E-state index is 13.6. The molecule has 34 heavy (non-hydrogen) atoms. The molecular weight excluding hydrogens is 430 g/mol. The molecule has 0 aliphatic carbocycles. The topological polar surface area (TPSA) is 71.8 Å². The molecular formula is C27H37N3O4. The first-order chi connectivity index (χ1) is 16.4. The van der Waals surface area contributed by atoms with Crippen LogP contribution in [0.25, 0.3) is 0 Å². The standard InChI is InChI=1S/C27H37N3O4/c1-5-7-14-28(3)26(32)23-18-29(17-20-11-10-13-22(16-20)34-4)19-24(25(23)31)27(33)30-15-9-8-12-21(30)6-2/h10-11,13,16,18-19,21H,5-9,12,14-15,17H2,1-4H3/t21-/m0/s1. The Kier molecular flexibility index (Phi) is 8.91. The quantitative estimate of drug-likeness (QED) is 0.555. The summed E-state index contributed by atoms with van der Waals surface area (Å²) in [6.45, 7) is 5.74. The van der Waals surface area contributed by atoms with Gasteiger partial charge in [0.2, 0.25) is 5.43 Å². The molecule has 0 unspecified atom stereocenters. The Morgan fingerprint density at radius 1 is 1.15 bits per heavy atom. The van der Waals surface area contributed by atoms with Crippen LogP contribution in [0.4, 0.5) is 0 Å².